The lowest BCUT2D eigenvalue weighted by molar-refractivity contribution is 0.392. The summed E-state index contributed by atoms with van der Waals surface area (Å²) < 4.78 is 0. The van der Waals surface area contributed by atoms with Gasteiger partial charge in [-0.2, -0.15) is 0 Å². The number of aliphatic imine (C=N–C) groups is 1. The molecule has 0 bridgehead atoms. The summed E-state index contributed by atoms with van der Waals surface area (Å²) in [6, 6.07) is 16.4. The SMILES string of the molecule is CCN(CC)C1=CCC2=Nc3ccc(N)cc3N(c3ccccc3)C2=C1. The third kappa shape index (κ3) is 2.77. The molecule has 2 aliphatic rings. The summed E-state index contributed by atoms with van der Waals surface area (Å²) in [7, 11) is 0. The number of allylic oxidation sites excluding steroid dienone is 3. The van der Waals surface area contributed by atoms with Crippen LogP contribution in [0.25, 0.3) is 0 Å². The molecule has 0 radical (unpaired) electrons. The molecule has 26 heavy (non-hydrogen) atoms. The number of hydrogen-bond acceptors (Lipinski definition) is 4. The highest BCUT2D eigenvalue weighted by molar-refractivity contribution is 6.12. The second-order valence-electron chi connectivity index (χ2n) is 6.51. The first kappa shape index (κ1) is 16.5. The predicted octanol–water partition coefficient (Wildman–Crippen LogP) is 5.01. The fraction of sp³-hybridized carbons (Fsp3) is 0.227. The van der Waals surface area contributed by atoms with Crippen molar-refractivity contribution < 1.29 is 0 Å². The Morgan fingerprint density at radius 3 is 2.58 bits per heavy atom. The number of fused-ring (bicyclic) bond motifs is 2. The lowest BCUT2D eigenvalue weighted by Crippen LogP contribution is -2.30. The molecule has 2 N–H and O–H groups in total. The monoisotopic (exact) mass is 344 g/mol. The first-order valence-electron chi connectivity index (χ1n) is 9.20. The van der Waals surface area contributed by atoms with Crippen LogP contribution in [0, 0.1) is 0 Å². The van der Waals surface area contributed by atoms with Crippen molar-refractivity contribution >= 4 is 28.5 Å². The molecule has 2 aromatic rings. The van der Waals surface area contributed by atoms with Crippen LogP contribution in [0.15, 0.2) is 77.1 Å². The van der Waals surface area contributed by atoms with Crippen molar-refractivity contribution in [3.05, 3.63) is 72.1 Å². The topological polar surface area (TPSA) is 44.9 Å². The van der Waals surface area contributed by atoms with E-state index in [4.69, 9.17) is 10.7 Å². The molecule has 1 aliphatic carbocycles. The van der Waals surface area contributed by atoms with Gasteiger partial charge in [0.25, 0.3) is 0 Å². The molecule has 2 aromatic carbocycles. The normalized spacial score (nSPS) is 15.5. The van der Waals surface area contributed by atoms with E-state index < -0.39 is 0 Å². The molecule has 0 fully saturated rings. The van der Waals surface area contributed by atoms with Gasteiger partial charge in [-0.25, -0.2) is 4.99 Å². The Labute approximate surface area is 155 Å². The van der Waals surface area contributed by atoms with Crippen molar-refractivity contribution in [3.8, 4) is 0 Å². The molecule has 0 unspecified atom stereocenters. The van der Waals surface area contributed by atoms with Gasteiger partial charge in [-0.3, -0.25) is 0 Å². The van der Waals surface area contributed by atoms with Gasteiger partial charge < -0.3 is 15.5 Å². The standard InChI is InChI=1S/C22H24N4/c1-3-25(4-2)18-11-13-20-22(15-18)26(17-8-6-5-7-9-17)21-14-16(23)10-12-19(21)24-20/h5-12,14-15H,3-4,13,23H2,1-2H3. The summed E-state index contributed by atoms with van der Waals surface area (Å²) in [5.41, 5.74) is 13.5. The lowest BCUT2D eigenvalue weighted by Gasteiger charge is -2.36. The number of likely N-dealkylation sites (N-methyl/N-ethyl adjacent to an activating group) is 1. The van der Waals surface area contributed by atoms with E-state index in [-0.39, 0.29) is 0 Å². The van der Waals surface area contributed by atoms with Gasteiger partial charge in [-0.1, -0.05) is 24.3 Å². The fourth-order valence-corrected chi connectivity index (χ4v) is 3.64. The van der Waals surface area contributed by atoms with Crippen molar-refractivity contribution in [1.82, 2.24) is 4.90 Å². The Morgan fingerprint density at radius 2 is 1.85 bits per heavy atom. The van der Waals surface area contributed by atoms with Crippen LogP contribution < -0.4 is 10.6 Å². The summed E-state index contributed by atoms with van der Waals surface area (Å²) >= 11 is 0. The van der Waals surface area contributed by atoms with E-state index in [2.05, 4.69) is 60.1 Å². The second-order valence-corrected chi connectivity index (χ2v) is 6.51. The van der Waals surface area contributed by atoms with Gasteiger partial charge >= 0.3 is 0 Å². The summed E-state index contributed by atoms with van der Waals surface area (Å²) in [5.74, 6) is 0. The van der Waals surface area contributed by atoms with E-state index in [1.807, 2.05) is 24.3 Å². The molecule has 0 saturated carbocycles. The minimum absolute atomic E-state index is 0.749. The third-order valence-corrected chi connectivity index (χ3v) is 4.96. The Kier molecular flexibility index (Phi) is 4.25. The van der Waals surface area contributed by atoms with Crippen LogP contribution in [0.3, 0.4) is 0 Å². The molecular formula is C22H24N4. The third-order valence-electron chi connectivity index (χ3n) is 4.96. The maximum atomic E-state index is 6.09. The average Bonchev–Trinajstić information content (AvgIpc) is 2.68. The highest BCUT2D eigenvalue weighted by Crippen LogP contribution is 2.44. The number of para-hydroxylation sites is 1. The number of rotatable bonds is 4. The minimum atomic E-state index is 0.749. The Hall–Kier alpha value is -3.01. The van der Waals surface area contributed by atoms with Crippen molar-refractivity contribution in [3.63, 3.8) is 0 Å². The van der Waals surface area contributed by atoms with Gasteiger partial charge in [-0.15, -0.1) is 0 Å². The Morgan fingerprint density at radius 1 is 1.08 bits per heavy atom. The predicted molar refractivity (Wildman–Crippen MR) is 110 cm³/mol. The second kappa shape index (κ2) is 6.71. The number of anilines is 3. The highest BCUT2D eigenvalue weighted by atomic mass is 15.2. The minimum Gasteiger partial charge on any atom is -0.399 e. The largest absolute Gasteiger partial charge is 0.399 e. The van der Waals surface area contributed by atoms with E-state index in [1.165, 1.54) is 5.70 Å². The summed E-state index contributed by atoms with van der Waals surface area (Å²) in [6.07, 6.45) is 5.38. The van der Waals surface area contributed by atoms with Crippen LogP contribution in [0.2, 0.25) is 0 Å². The quantitative estimate of drug-likeness (QED) is 0.793. The van der Waals surface area contributed by atoms with E-state index in [9.17, 15) is 0 Å². The van der Waals surface area contributed by atoms with Crippen LogP contribution in [0.4, 0.5) is 22.7 Å². The molecule has 4 nitrogen and oxygen atoms in total. The van der Waals surface area contributed by atoms with Gasteiger partial charge in [0, 0.05) is 36.6 Å². The molecule has 4 rings (SSSR count). The maximum Gasteiger partial charge on any atom is 0.0876 e. The molecule has 0 atom stereocenters. The van der Waals surface area contributed by atoms with Crippen LogP contribution >= 0.6 is 0 Å². The molecular weight excluding hydrogens is 320 g/mol. The van der Waals surface area contributed by atoms with E-state index in [0.717, 1.165) is 53.7 Å². The lowest BCUT2D eigenvalue weighted by atomic mass is 9.99. The van der Waals surface area contributed by atoms with E-state index in [1.54, 1.807) is 0 Å². The smallest absolute Gasteiger partial charge is 0.0876 e. The highest BCUT2D eigenvalue weighted by Gasteiger charge is 2.28. The fourth-order valence-electron chi connectivity index (χ4n) is 3.64. The van der Waals surface area contributed by atoms with Gasteiger partial charge in [0.2, 0.25) is 0 Å². The average molecular weight is 344 g/mol. The van der Waals surface area contributed by atoms with Gasteiger partial charge in [0.15, 0.2) is 0 Å². The zero-order valence-corrected chi connectivity index (χ0v) is 15.3. The zero-order valence-electron chi connectivity index (χ0n) is 15.3. The number of nitrogen functional groups attached to an aromatic ring is 1. The van der Waals surface area contributed by atoms with E-state index >= 15 is 0 Å². The maximum absolute atomic E-state index is 6.09. The number of benzene rings is 2. The first-order chi connectivity index (χ1) is 12.7. The van der Waals surface area contributed by atoms with Crippen LogP contribution in [-0.4, -0.2) is 23.7 Å². The summed E-state index contributed by atoms with van der Waals surface area (Å²) in [6.45, 7) is 6.37. The van der Waals surface area contributed by atoms with Crippen LogP contribution in [0.5, 0.6) is 0 Å². The summed E-state index contributed by atoms with van der Waals surface area (Å²) in [5, 5.41) is 0. The summed E-state index contributed by atoms with van der Waals surface area (Å²) in [4.78, 5) is 9.58. The van der Waals surface area contributed by atoms with Gasteiger partial charge in [0.05, 0.1) is 22.8 Å². The Balaban J connectivity index is 1.88. The molecule has 0 aromatic heterocycles. The van der Waals surface area contributed by atoms with Crippen LogP contribution in [-0.2, 0) is 0 Å². The molecule has 4 heteroatoms. The molecule has 0 spiro atoms. The molecule has 1 heterocycles. The van der Waals surface area contributed by atoms with Crippen molar-refractivity contribution in [1.29, 1.82) is 0 Å². The number of hydrogen-bond donors (Lipinski definition) is 1. The molecule has 132 valence electrons. The van der Waals surface area contributed by atoms with Gasteiger partial charge in [0.1, 0.15) is 0 Å². The van der Waals surface area contributed by atoms with Crippen LogP contribution in [0.1, 0.15) is 20.3 Å². The number of nitrogens with zero attached hydrogens (tertiary/aromatic N) is 3. The molecule has 1 aliphatic heterocycles. The molecule has 0 saturated heterocycles. The van der Waals surface area contributed by atoms with Crippen molar-refractivity contribution in [2.24, 2.45) is 4.99 Å². The first-order valence-corrected chi connectivity index (χ1v) is 9.20. The van der Waals surface area contributed by atoms with E-state index in [0.29, 0.717) is 0 Å². The number of nitrogens with two attached hydrogens (primary N) is 1. The molecule has 0 amide bonds. The van der Waals surface area contributed by atoms with Crippen molar-refractivity contribution in [2.45, 2.75) is 20.3 Å². The van der Waals surface area contributed by atoms with Crippen molar-refractivity contribution in [2.75, 3.05) is 23.7 Å². The Bertz CT molecular complexity index is 905. The van der Waals surface area contributed by atoms with Gasteiger partial charge in [-0.05, 0) is 50.3 Å². The zero-order chi connectivity index (χ0) is 18.1.